The predicted octanol–water partition coefficient (Wildman–Crippen LogP) is -6.84. The number of nitrogens with two attached hydrogens (primary N) is 5. The van der Waals surface area contributed by atoms with Crippen molar-refractivity contribution in [3.05, 3.63) is 0 Å². The summed E-state index contributed by atoms with van der Waals surface area (Å²) in [4.78, 5) is 12.9. The molecular formula is C21H42N6O10. The highest BCUT2D eigenvalue weighted by atomic mass is 16.7. The van der Waals surface area contributed by atoms with E-state index in [2.05, 4.69) is 0 Å². The molecule has 0 aromatic carbocycles. The quantitative estimate of drug-likeness (QED) is 0.144. The number of hydrogen-bond acceptors (Lipinski definition) is 15. The van der Waals surface area contributed by atoms with Crippen molar-refractivity contribution in [3.8, 4) is 0 Å². The van der Waals surface area contributed by atoms with Gasteiger partial charge in [-0.3, -0.25) is 4.79 Å². The zero-order chi connectivity index (χ0) is 27.8. The van der Waals surface area contributed by atoms with E-state index in [1.807, 2.05) is 0 Å². The van der Waals surface area contributed by atoms with Crippen LogP contribution in [0, 0.1) is 0 Å². The maximum Gasteiger partial charge on any atom is 0.219 e. The van der Waals surface area contributed by atoms with Gasteiger partial charge < -0.3 is 78.0 Å². The normalized spacial score (nSPS) is 49.0. The molecule has 0 bridgehead atoms. The second-order valence-electron chi connectivity index (χ2n) is 10.1. The summed E-state index contributed by atoms with van der Waals surface area (Å²) >= 11 is 0. The van der Waals surface area contributed by atoms with Crippen LogP contribution in [0.4, 0.5) is 0 Å². The van der Waals surface area contributed by atoms with Gasteiger partial charge in [0.2, 0.25) is 5.91 Å². The minimum Gasteiger partial charge on any atom is -0.389 e. The van der Waals surface area contributed by atoms with Crippen LogP contribution in [0.2, 0.25) is 0 Å². The minimum absolute atomic E-state index is 0.0277. The van der Waals surface area contributed by atoms with Crippen LogP contribution in [0.15, 0.2) is 0 Å². The Morgan fingerprint density at radius 2 is 1.35 bits per heavy atom. The molecule has 1 amide bonds. The molecule has 0 aromatic rings. The van der Waals surface area contributed by atoms with Crippen molar-refractivity contribution >= 4 is 5.91 Å². The van der Waals surface area contributed by atoms with Crippen molar-refractivity contribution in [1.82, 2.24) is 4.90 Å². The number of amides is 1. The molecule has 0 unspecified atom stereocenters. The average Bonchev–Trinajstić information content (AvgIpc) is 2.85. The van der Waals surface area contributed by atoms with E-state index in [9.17, 15) is 30.3 Å². The first-order chi connectivity index (χ1) is 17.3. The lowest BCUT2D eigenvalue weighted by Crippen LogP contribution is -2.69. The molecule has 2 aliphatic heterocycles. The van der Waals surface area contributed by atoms with Crippen LogP contribution in [-0.2, 0) is 23.7 Å². The third-order valence-electron chi connectivity index (χ3n) is 7.37. The van der Waals surface area contributed by atoms with E-state index < -0.39 is 91.7 Å². The number of ether oxygens (including phenoxy) is 4. The van der Waals surface area contributed by atoms with Crippen molar-refractivity contribution in [2.75, 3.05) is 20.1 Å². The van der Waals surface area contributed by atoms with Gasteiger partial charge in [-0.1, -0.05) is 0 Å². The molecule has 15 N–H and O–H groups in total. The highest BCUT2D eigenvalue weighted by molar-refractivity contribution is 5.72. The fourth-order valence-corrected chi connectivity index (χ4v) is 4.85. The molecule has 1 aliphatic carbocycles. The lowest BCUT2D eigenvalue weighted by Gasteiger charge is -2.48. The Hall–Kier alpha value is -1.09. The van der Waals surface area contributed by atoms with Gasteiger partial charge in [-0.05, 0) is 6.42 Å². The Balaban J connectivity index is 1.73. The third-order valence-corrected chi connectivity index (χ3v) is 7.37. The van der Waals surface area contributed by atoms with Gasteiger partial charge in [-0.25, -0.2) is 0 Å². The standard InChI is InChI=1S/C21H42N6O10/c1-6(28)27(2)5-10-13(29)11(25)16(32)21(35-10)37-19-8(24)3-7(23)18(17(19)33)36-20-12(26)15(31)14(30)9(4-22)34-20/h7-21,29-33H,3-5,22-26H2,1-2H3/t7-,8+,9+,10+,11-,12+,13+,14+,15+,16+,17-,18+,19-,20+,21+/m0/s1. The Labute approximate surface area is 214 Å². The van der Waals surface area contributed by atoms with Crippen LogP contribution in [0.3, 0.4) is 0 Å². The van der Waals surface area contributed by atoms with Gasteiger partial charge in [-0.15, -0.1) is 0 Å². The molecule has 216 valence electrons. The summed E-state index contributed by atoms with van der Waals surface area (Å²) in [5.41, 5.74) is 30.0. The minimum atomic E-state index is -1.49. The Morgan fingerprint density at radius 1 is 0.811 bits per heavy atom. The van der Waals surface area contributed by atoms with Gasteiger partial charge in [0.1, 0.15) is 48.8 Å². The number of hydrogen-bond donors (Lipinski definition) is 10. The highest BCUT2D eigenvalue weighted by Crippen LogP contribution is 2.31. The van der Waals surface area contributed by atoms with Crippen molar-refractivity contribution in [1.29, 1.82) is 0 Å². The number of nitrogens with zero attached hydrogens (tertiary/aromatic N) is 1. The van der Waals surface area contributed by atoms with Gasteiger partial charge >= 0.3 is 0 Å². The summed E-state index contributed by atoms with van der Waals surface area (Å²) in [6, 6.07) is -3.95. The fourth-order valence-electron chi connectivity index (χ4n) is 4.85. The van der Waals surface area contributed by atoms with E-state index >= 15 is 0 Å². The van der Waals surface area contributed by atoms with Crippen LogP contribution >= 0.6 is 0 Å². The number of rotatable bonds is 7. The monoisotopic (exact) mass is 538 g/mol. The smallest absolute Gasteiger partial charge is 0.219 e. The van der Waals surface area contributed by atoms with E-state index in [4.69, 9.17) is 47.6 Å². The number of carbonyl (C=O) groups is 1. The van der Waals surface area contributed by atoms with E-state index in [1.54, 1.807) is 0 Å². The first kappa shape index (κ1) is 30.5. The SMILES string of the molecule is CC(=O)N(C)C[C@H]1O[C@H](O[C@@H]2[C@@H](O)[C@H](O[C@H]3O[C@H](CN)[C@@H](O)[C@H](O)[C@H]3N)[C@@H](N)C[C@H]2N)[C@H](O)[C@@H](N)[C@@H]1O. The topological polar surface area (TPSA) is 288 Å². The molecule has 0 aromatic heterocycles. The largest absolute Gasteiger partial charge is 0.389 e. The van der Waals surface area contributed by atoms with E-state index in [0.29, 0.717) is 0 Å². The molecule has 3 fully saturated rings. The van der Waals surface area contributed by atoms with Crippen LogP contribution in [0.25, 0.3) is 0 Å². The van der Waals surface area contributed by atoms with Gasteiger partial charge in [-0.2, -0.15) is 0 Å². The molecule has 2 saturated heterocycles. The Bertz CT molecular complexity index is 769. The summed E-state index contributed by atoms with van der Waals surface area (Å²) < 4.78 is 23.1. The molecule has 1 saturated carbocycles. The van der Waals surface area contributed by atoms with Crippen molar-refractivity contribution < 1.29 is 49.3 Å². The van der Waals surface area contributed by atoms with Crippen LogP contribution in [0.5, 0.6) is 0 Å². The molecule has 2 heterocycles. The first-order valence-electron chi connectivity index (χ1n) is 12.2. The maximum absolute atomic E-state index is 11.6. The maximum atomic E-state index is 11.6. The van der Waals surface area contributed by atoms with Crippen molar-refractivity contribution in [2.45, 2.75) is 105 Å². The molecule has 16 nitrogen and oxygen atoms in total. The van der Waals surface area contributed by atoms with E-state index in [0.717, 1.165) is 0 Å². The molecule has 3 rings (SSSR count). The van der Waals surface area contributed by atoms with Gasteiger partial charge in [0.25, 0.3) is 0 Å². The van der Waals surface area contributed by atoms with Gasteiger partial charge in [0.15, 0.2) is 12.6 Å². The lowest BCUT2D eigenvalue weighted by molar-refractivity contribution is -0.317. The third kappa shape index (κ3) is 6.39. The summed E-state index contributed by atoms with van der Waals surface area (Å²) in [7, 11) is 1.51. The van der Waals surface area contributed by atoms with Crippen molar-refractivity contribution in [2.24, 2.45) is 28.7 Å². The summed E-state index contributed by atoms with van der Waals surface area (Å²) in [6.07, 6.45) is -13.8. The Kier molecular flexibility index (Phi) is 10.2. The zero-order valence-corrected chi connectivity index (χ0v) is 20.9. The van der Waals surface area contributed by atoms with Crippen LogP contribution in [-0.4, -0.2) is 148 Å². The van der Waals surface area contributed by atoms with Crippen LogP contribution < -0.4 is 28.7 Å². The number of likely N-dealkylation sites (N-methyl/N-ethyl adjacent to an activating group) is 1. The Morgan fingerprint density at radius 3 is 1.89 bits per heavy atom. The molecule has 3 aliphatic rings. The number of aliphatic hydroxyl groups is 5. The molecule has 0 radical (unpaired) electrons. The molecule has 15 atom stereocenters. The molecule has 37 heavy (non-hydrogen) atoms. The molecule has 16 heteroatoms. The fraction of sp³-hybridized carbons (Fsp3) is 0.952. The first-order valence-corrected chi connectivity index (χ1v) is 12.2. The summed E-state index contributed by atoms with van der Waals surface area (Å²) in [6.45, 7) is 1.19. The van der Waals surface area contributed by atoms with E-state index in [-0.39, 0.29) is 25.4 Å². The average molecular weight is 539 g/mol. The molecular weight excluding hydrogens is 496 g/mol. The second kappa shape index (κ2) is 12.4. The van der Waals surface area contributed by atoms with Gasteiger partial charge in [0.05, 0.1) is 18.2 Å². The summed E-state index contributed by atoms with van der Waals surface area (Å²) in [5, 5.41) is 52.5. The van der Waals surface area contributed by atoms with Crippen LogP contribution in [0.1, 0.15) is 13.3 Å². The summed E-state index contributed by atoms with van der Waals surface area (Å²) in [5.74, 6) is -0.274. The number of aliphatic hydroxyl groups excluding tert-OH is 5. The van der Waals surface area contributed by atoms with Gasteiger partial charge in [0, 0.05) is 39.1 Å². The lowest BCUT2D eigenvalue weighted by atomic mass is 9.84. The zero-order valence-electron chi connectivity index (χ0n) is 20.9. The highest BCUT2D eigenvalue weighted by Gasteiger charge is 2.51. The predicted molar refractivity (Wildman–Crippen MR) is 126 cm³/mol. The van der Waals surface area contributed by atoms with E-state index in [1.165, 1.54) is 18.9 Å². The molecule has 0 spiro atoms. The van der Waals surface area contributed by atoms with Crippen molar-refractivity contribution in [3.63, 3.8) is 0 Å². The number of carbonyl (C=O) groups excluding carboxylic acids is 1. The second-order valence-corrected chi connectivity index (χ2v) is 10.1.